The predicted molar refractivity (Wildman–Crippen MR) is 157 cm³/mol. The lowest BCUT2D eigenvalue weighted by atomic mass is 9.83. The summed E-state index contributed by atoms with van der Waals surface area (Å²) in [7, 11) is 3.56. The number of halogens is 3. The monoisotopic (exact) mass is 582 g/mol. The average molecular weight is 583 g/mol. The first kappa shape index (κ1) is 29.8. The molecule has 224 valence electrons. The number of rotatable bonds is 6. The lowest BCUT2D eigenvalue weighted by Crippen LogP contribution is -2.35. The van der Waals surface area contributed by atoms with Crippen molar-refractivity contribution in [1.82, 2.24) is 24.8 Å². The van der Waals surface area contributed by atoms with Gasteiger partial charge in [0.2, 0.25) is 5.91 Å². The first-order valence-electron chi connectivity index (χ1n) is 14.2. The second kappa shape index (κ2) is 11.9. The third-order valence-corrected chi connectivity index (χ3v) is 8.36. The number of carbonyl (C=O) groups excluding carboxylic acids is 1. The number of aromatic nitrogens is 2. The molecule has 2 aromatic heterocycles. The van der Waals surface area contributed by atoms with E-state index < -0.39 is 17.8 Å². The van der Waals surface area contributed by atoms with Gasteiger partial charge in [0.05, 0.1) is 16.9 Å². The molecule has 11 heteroatoms. The molecule has 1 unspecified atom stereocenters. The molecule has 42 heavy (non-hydrogen) atoms. The van der Waals surface area contributed by atoms with Crippen LogP contribution in [0.2, 0.25) is 0 Å². The Morgan fingerprint density at radius 2 is 1.90 bits per heavy atom. The second-order valence-corrected chi connectivity index (χ2v) is 11.6. The number of nitrogens with zero attached hydrogens (tertiary/aromatic N) is 4. The fourth-order valence-corrected chi connectivity index (χ4v) is 6.12. The minimum absolute atomic E-state index is 0.0787. The number of pyridine rings is 2. The molecule has 1 saturated heterocycles. The standard InChI is InChI=1S/C31H37F3N6O2/c1-19(18-39-14-10-22(11-15-39)21-5-7-23(8-6-21)29(41)38(3)4)17-24-20(2)35-13-9-26(24)40-16-12-25-27(30(40)42)28(37-36-25)31(32,33)34/h5,7,9,12-13,16-17,22,28,36-37H,6,8,10-11,14-15,18H2,1-4H3/b19-17+. The van der Waals surface area contributed by atoms with Crippen LogP contribution < -0.4 is 16.4 Å². The molecule has 5 rings (SSSR count). The summed E-state index contributed by atoms with van der Waals surface area (Å²) < 4.78 is 42.1. The topological polar surface area (TPSA) is 82.5 Å². The summed E-state index contributed by atoms with van der Waals surface area (Å²) in [6.45, 7) is 6.49. The number of fused-ring (bicyclic) bond motifs is 1. The fourth-order valence-electron chi connectivity index (χ4n) is 6.12. The molecule has 2 aromatic rings. The number of hydrazine groups is 1. The van der Waals surface area contributed by atoms with E-state index in [-0.39, 0.29) is 17.2 Å². The van der Waals surface area contributed by atoms with Crippen molar-refractivity contribution in [2.24, 2.45) is 5.92 Å². The molecule has 4 heterocycles. The highest BCUT2D eigenvalue weighted by Crippen LogP contribution is 2.38. The molecule has 0 spiro atoms. The third-order valence-electron chi connectivity index (χ3n) is 8.36. The molecule has 0 radical (unpaired) electrons. The Kier molecular flexibility index (Phi) is 8.43. The van der Waals surface area contributed by atoms with Gasteiger partial charge >= 0.3 is 6.18 Å². The van der Waals surface area contributed by atoms with Crippen molar-refractivity contribution in [3.8, 4) is 5.69 Å². The summed E-state index contributed by atoms with van der Waals surface area (Å²) in [4.78, 5) is 34.0. The molecule has 1 atom stereocenters. The van der Waals surface area contributed by atoms with Gasteiger partial charge in [0.1, 0.15) is 0 Å². The molecule has 1 aliphatic carbocycles. The van der Waals surface area contributed by atoms with E-state index in [2.05, 4.69) is 26.8 Å². The van der Waals surface area contributed by atoms with Crippen LogP contribution in [-0.2, 0) is 4.79 Å². The maximum absolute atomic E-state index is 13.6. The van der Waals surface area contributed by atoms with E-state index in [1.807, 2.05) is 26.0 Å². The zero-order valence-electron chi connectivity index (χ0n) is 24.4. The van der Waals surface area contributed by atoms with Crippen LogP contribution in [0.15, 0.2) is 58.2 Å². The van der Waals surface area contributed by atoms with Gasteiger partial charge < -0.3 is 10.3 Å². The minimum atomic E-state index is -4.62. The average Bonchev–Trinajstić information content (AvgIpc) is 3.41. The van der Waals surface area contributed by atoms with Crippen molar-refractivity contribution in [3.63, 3.8) is 0 Å². The number of hydrogen-bond acceptors (Lipinski definition) is 6. The van der Waals surface area contributed by atoms with Crippen LogP contribution in [0.25, 0.3) is 11.8 Å². The Balaban J connectivity index is 1.30. The van der Waals surface area contributed by atoms with Gasteiger partial charge in [-0.15, -0.1) is 0 Å². The third kappa shape index (κ3) is 6.07. The van der Waals surface area contributed by atoms with E-state index in [0.29, 0.717) is 22.9 Å². The van der Waals surface area contributed by atoms with Crippen LogP contribution in [-0.4, -0.2) is 65.2 Å². The van der Waals surface area contributed by atoms with Gasteiger partial charge in [-0.1, -0.05) is 29.4 Å². The van der Waals surface area contributed by atoms with Crippen molar-refractivity contribution >= 4 is 17.7 Å². The first-order valence-corrected chi connectivity index (χ1v) is 14.2. The number of amides is 1. The number of carbonyl (C=O) groups is 1. The van der Waals surface area contributed by atoms with E-state index in [9.17, 15) is 22.8 Å². The van der Waals surface area contributed by atoms with E-state index in [1.54, 1.807) is 31.3 Å². The number of likely N-dealkylation sites (tertiary alicyclic amines) is 1. The molecule has 0 bridgehead atoms. The molecule has 2 N–H and O–H groups in total. The van der Waals surface area contributed by atoms with Gasteiger partial charge in [-0.3, -0.25) is 24.0 Å². The number of alkyl halides is 3. The molecular formula is C31H37F3N6O2. The number of aryl methyl sites for hydroxylation is 1. The number of piperidine rings is 1. The number of hydrogen-bond donors (Lipinski definition) is 2. The molecule has 1 amide bonds. The number of allylic oxidation sites excluding steroid dienone is 3. The minimum Gasteiger partial charge on any atom is -0.345 e. The molecule has 1 fully saturated rings. The van der Waals surface area contributed by atoms with Crippen LogP contribution in [0.4, 0.5) is 18.9 Å². The summed E-state index contributed by atoms with van der Waals surface area (Å²) in [5.41, 5.74) is 8.95. The highest BCUT2D eigenvalue weighted by atomic mass is 19.4. The molecule has 8 nitrogen and oxygen atoms in total. The lowest BCUT2D eigenvalue weighted by molar-refractivity contribution is -0.154. The maximum Gasteiger partial charge on any atom is 0.409 e. The fraction of sp³-hybridized carbons (Fsp3) is 0.452. The summed E-state index contributed by atoms with van der Waals surface area (Å²) in [5.74, 6) is 0.594. The quantitative estimate of drug-likeness (QED) is 0.503. The normalized spacial score (nSPS) is 20.1. The summed E-state index contributed by atoms with van der Waals surface area (Å²) in [5, 5.41) is 0. The Labute approximate surface area is 243 Å². The highest BCUT2D eigenvalue weighted by Gasteiger charge is 2.46. The van der Waals surface area contributed by atoms with Gasteiger partial charge in [0, 0.05) is 49.9 Å². The molecule has 0 saturated carbocycles. The lowest BCUT2D eigenvalue weighted by Gasteiger charge is -2.34. The van der Waals surface area contributed by atoms with Crippen molar-refractivity contribution in [3.05, 3.63) is 80.6 Å². The van der Waals surface area contributed by atoms with Crippen molar-refractivity contribution in [2.75, 3.05) is 39.2 Å². The van der Waals surface area contributed by atoms with E-state index in [4.69, 9.17) is 0 Å². The predicted octanol–water partition coefficient (Wildman–Crippen LogP) is 4.92. The van der Waals surface area contributed by atoms with E-state index in [0.717, 1.165) is 56.5 Å². The SMILES string of the molecule is C/C(=C\c1c(-n2ccc3c(c2=O)C(C(F)(F)F)NN3)ccnc1C)CN1CCC(C2=CC=C(C(=O)N(C)C)CC2)CC1. The molecule has 3 aliphatic rings. The van der Waals surface area contributed by atoms with Crippen LogP contribution in [0.3, 0.4) is 0 Å². The molecule has 2 aliphatic heterocycles. The Hall–Kier alpha value is -3.70. The van der Waals surface area contributed by atoms with Crippen molar-refractivity contribution in [2.45, 2.75) is 51.7 Å². The number of likely N-dealkylation sites (N-methyl/N-ethyl adjacent to an activating group) is 1. The molecule has 0 aromatic carbocycles. The van der Waals surface area contributed by atoms with Crippen LogP contribution >= 0.6 is 0 Å². The van der Waals surface area contributed by atoms with Crippen molar-refractivity contribution in [1.29, 1.82) is 0 Å². The van der Waals surface area contributed by atoms with E-state index in [1.165, 1.54) is 22.4 Å². The van der Waals surface area contributed by atoms with Gasteiger partial charge in [-0.2, -0.15) is 13.2 Å². The van der Waals surface area contributed by atoms with Gasteiger partial charge in [0.25, 0.3) is 5.56 Å². The zero-order valence-corrected chi connectivity index (χ0v) is 24.4. The largest absolute Gasteiger partial charge is 0.409 e. The number of nitrogens with one attached hydrogen (secondary N) is 2. The first-order chi connectivity index (χ1) is 19.9. The van der Waals surface area contributed by atoms with Crippen LogP contribution in [0, 0.1) is 12.8 Å². The second-order valence-electron chi connectivity index (χ2n) is 11.6. The van der Waals surface area contributed by atoms with Crippen LogP contribution in [0.1, 0.15) is 55.5 Å². The Morgan fingerprint density at radius 1 is 1.17 bits per heavy atom. The van der Waals surface area contributed by atoms with Crippen LogP contribution in [0.5, 0.6) is 0 Å². The Bertz CT molecular complexity index is 1510. The summed E-state index contributed by atoms with van der Waals surface area (Å²) >= 11 is 0. The number of anilines is 1. The van der Waals surface area contributed by atoms with Gasteiger partial charge in [0.15, 0.2) is 6.04 Å². The van der Waals surface area contributed by atoms with Crippen molar-refractivity contribution < 1.29 is 18.0 Å². The van der Waals surface area contributed by atoms with Gasteiger partial charge in [-0.25, -0.2) is 5.43 Å². The zero-order chi connectivity index (χ0) is 30.2. The van der Waals surface area contributed by atoms with Gasteiger partial charge in [-0.05, 0) is 70.7 Å². The molecular weight excluding hydrogens is 545 g/mol. The maximum atomic E-state index is 13.6. The summed E-state index contributed by atoms with van der Waals surface area (Å²) in [6.07, 6.45) is 8.37. The summed E-state index contributed by atoms with van der Waals surface area (Å²) in [6, 6.07) is 1.06. The highest BCUT2D eigenvalue weighted by molar-refractivity contribution is 5.93. The van der Waals surface area contributed by atoms with E-state index >= 15 is 0 Å². The smallest absolute Gasteiger partial charge is 0.345 e. The Morgan fingerprint density at radius 3 is 2.55 bits per heavy atom.